The lowest BCUT2D eigenvalue weighted by Crippen LogP contribution is -2.18. The van der Waals surface area contributed by atoms with E-state index in [4.69, 9.17) is 11.6 Å². The molecule has 76 valence electrons. The van der Waals surface area contributed by atoms with Crippen LogP contribution < -0.4 is 0 Å². The van der Waals surface area contributed by atoms with E-state index in [0.29, 0.717) is 5.88 Å². The fraction of sp³-hybridized carbons (Fsp3) is 0.333. The van der Waals surface area contributed by atoms with Crippen molar-refractivity contribution in [1.29, 1.82) is 0 Å². The summed E-state index contributed by atoms with van der Waals surface area (Å²) in [5, 5.41) is 0. The second kappa shape index (κ2) is 4.61. The number of allylic oxidation sites excluding steroid dienone is 1. The van der Waals surface area contributed by atoms with Gasteiger partial charge >= 0.3 is 0 Å². The molecule has 0 amide bonds. The molecule has 1 unspecified atom stereocenters. The first kappa shape index (κ1) is 11.3. The molecule has 0 aromatic heterocycles. The zero-order valence-electron chi connectivity index (χ0n) is 8.26. The lowest BCUT2D eigenvalue weighted by Gasteiger charge is -2.22. The van der Waals surface area contributed by atoms with Crippen molar-refractivity contribution in [3.05, 3.63) is 48.3 Å². The second-order valence-electron chi connectivity index (χ2n) is 3.80. The molecule has 0 bridgehead atoms. The number of hydrogen-bond acceptors (Lipinski definition) is 0. The van der Waals surface area contributed by atoms with Crippen molar-refractivity contribution in [2.24, 2.45) is 5.41 Å². The first-order chi connectivity index (χ1) is 6.59. The van der Waals surface area contributed by atoms with Crippen LogP contribution in [0.15, 0.2) is 36.9 Å². The van der Waals surface area contributed by atoms with Crippen molar-refractivity contribution in [2.45, 2.75) is 13.3 Å². The molecule has 1 aromatic rings. The summed E-state index contributed by atoms with van der Waals surface area (Å²) >= 11 is 5.84. The Hall–Kier alpha value is -0.820. The number of alkyl halides is 1. The minimum absolute atomic E-state index is 0.112. The number of hydrogen-bond donors (Lipinski definition) is 0. The van der Waals surface area contributed by atoms with Crippen molar-refractivity contribution >= 4 is 11.6 Å². The minimum Gasteiger partial charge on any atom is -0.207 e. The highest BCUT2D eigenvalue weighted by Crippen LogP contribution is 2.25. The molecule has 0 nitrogen and oxygen atoms in total. The Morgan fingerprint density at radius 3 is 2.43 bits per heavy atom. The summed E-state index contributed by atoms with van der Waals surface area (Å²) in [6.07, 6.45) is 2.64. The molecule has 0 heterocycles. The molecule has 1 rings (SSSR count). The monoisotopic (exact) mass is 212 g/mol. The summed E-state index contributed by atoms with van der Waals surface area (Å²) in [7, 11) is 0. The van der Waals surface area contributed by atoms with Crippen LogP contribution in [0.1, 0.15) is 12.5 Å². The molecule has 1 atom stereocenters. The van der Waals surface area contributed by atoms with Gasteiger partial charge < -0.3 is 0 Å². The lowest BCUT2D eigenvalue weighted by molar-refractivity contribution is 0.485. The summed E-state index contributed by atoms with van der Waals surface area (Å²) in [5.41, 5.74) is 0.966. The predicted octanol–water partition coefficient (Wildman–Crippen LogP) is 3.80. The summed E-state index contributed by atoms with van der Waals surface area (Å²) in [6.45, 7) is 5.80. The van der Waals surface area contributed by atoms with Crippen LogP contribution in [0, 0.1) is 11.2 Å². The van der Waals surface area contributed by atoms with Gasteiger partial charge in [0.1, 0.15) is 5.82 Å². The second-order valence-corrected chi connectivity index (χ2v) is 4.06. The standard InChI is InChI=1S/C12H14ClF/c1-3-12(2,9-13)8-10-4-6-11(14)7-5-10/h3-7H,1,8-9H2,2H3. The Morgan fingerprint density at radius 1 is 1.43 bits per heavy atom. The number of rotatable bonds is 4. The van der Waals surface area contributed by atoms with Gasteiger partial charge in [0.15, 0.2) is 0 Å². The maximum atomic E-state index is 12.6. The summed E-state index contributed by atoms with van der Waals surface area (Å²) in [6, 6.07) is 6.49. The quantitative estimate of drug-likeness (QED) is 0.526. The van der Waals surface area contributed by atoms with Gasteiger partial charge in [-0.3, -0.25) is 0 Å². The Morgan fingerprint density at radius 2 is 2.00 bits per heavy atom. The van der Waals surface area contributed by atoms with Crippen LogP contribution in [0.25, 0.3) is 0 Å². The maximum absolute atomic E-state index is 12.6. The molecule has 0 saturated heterocycles. The Labute approximate surface area is 89.4 Å². The molecule has 14 heavy (non-hydrogen) atoms. The first-order valence-electron chi connectivity index (χ1n) is 4.54. The Balaban J connectivity index is 2.77. The summed E-state index contributed by atoms with van der Waals surface area (Å²) in [5.74, 6) is 0.313. The van der Waals surface area contributed by atoms with E-state index < -0.39 is 0 Å². The summed E-state index contributed by atoms with van der Waals surface area (Å²) in [4.78, 5) is 0. The normalized spacial score (nSPS) is 14.8. The molecule has 0 radical (unpaired) electrons. The summed E-state index contributed by atoms with van der Waals surface area (Å²) < 4.78 is 12.6. The van der Waals surface area contributed by atoms with Gasteiger partial charge in [-0.25, -0.2) is 4.39 Å². The van der Waals surface area contributed by atoms with Crippen LogP contribution in [0.2, 0.25) is 0 Å². The fourth-order valence-electron chi connectivity index (χ4n) is 1.24. The Bertz CT molecular complexity index is 305. The molecular weight excluding hydrogens is 199 g/mol. The van der Waals surface area contributed by atoms with E-state index in [2.05, 4.69) is 6.58 Å². The molecule has 0 spiro atoms. The predicted molar refractivity (Wildman–Crippen MR) is 59.1 cm³/mol. The highest BCUT2D eigenvalue weighted by atomic mass is 35.5. The third-order valence-corrected chi connectivity index (χ3v) is 2.93. The van der Waals surface area contributed by atoms with Gasteiger partial charge in [0, 0.05) is 11.3 Å². The lowest BCUT2D eigenvalue weighted by atomic mass is 9.86. The van der Waals surface area contributed by atoms with Gasteiger partial charge in [0.2, 0.25) is 0 Å². The smallest absolute Gasteiger partial charge is 0.123 e. The fourth-order valence-corrected chi connectivity index (χ4v) is 1.45. The van der Waals surface area contributed by atoms with Crippen LogP contribution in [0.5, 0.6) is 0 Å². The van der Waals surface area contributed by atoms with E-state index in [9.17, 15) is 4.39 Å². The molecule has 0 fully saturated rings. The van der Waals surface area contributed by atoms with Crippen molar-refractivity contribution < 1.29 is 4.39 Å². The van der Waals surface area contributed by atoms with Crippen molar-refractivity contribution in [1.82, 2.24) is 0 Å². The molecular formula is C12H14ClF. The Kier molecular flexibility index (Phi) is 3.70. The third kappa shape index (κ3) is 2.85. The van der Waals surface area contributed by atoms with E-state index in [1.54, 1.807) is 12.1 Å². The molecule has 0 aliphatic rings. The van der Waals surface area contributed by atoms with Gasteiger partial charge in [-0.15, -0.1) is 18.2 Å². The van der Waals surface area contributed by atoms with Crippen LogP contribution in [0.3, 0.4) is 0 Å². The zero-order valence-corrected chi connectivity index (χ0v) is 9.02. The van der Waals surface area contributed by atoms with Crippen molar-refractivity contribution in [2.75, 3.05) is 5.88 Å². The third-order valence-electron chi connectivity index (χ3n) is 2.32. The number of halogens is 2. The van der Waals surface area contributed by atoms with Crippen LogP contribution >= 0.6 is 11.6 Å². The largest absolute Gasteiger partial charge is 0.207 e. The highest BCUT2D eigenvalue weighted by molar-refractivity contribution is 6.18. The van der Waals surface area contributed by atoms with Crippen LogP contribution in [-0.4, -0.2) is 5.88 Å². The van der Waals surface area contributed by atoms with E-state index >= 15 is 0 Å². The molecule has 0 aliphatic heterocycles. The SMILES string of the molecule is C=CC(C)(CCl)Cc1ccc(F)cc1. The molecule has 2 heteroatoms. The van der Waals surface area contributed by atoms with Crippen LogP contribution in [0.4, 0.5) is 4.39 Å². The van der Waals surface area contributed by atoms with E-state index in [0.717, 1.165) is 12.0 Å². The molecule has 0 aliphatic carbocycles. The van der Waals surface area contributed by atoms with Crippen LogP contribution in [-0.2, 0) is 6.42 Å². The molecule has 0 saturated carbocycles. The highest BCUT2D eigenvalue weighted by Gasteiger charge is 2.19. The van der Waals surface area contributed by atoms with E-state index in [-0.39, 0.29) is 11.2 Å². The average molecular weight is 213 g/mol. The van der Waals surface area contributed by atoms with Gasteiger partial charge in [0.25, 0.3) is 0 Å². The van der Waals surface area contributed by atoms with Gasteiger partial charge in [-0.1, -0.05) is 25.1 Å². The van der Waals surface area contributed by atoms with Gasteiger partial charge in [-0.2, -0.15) is 0 Å². The molecule has 0 N–H and O–H groups in total. The zero-order chi connectivity index (χ0) is 10.6. The van der Waals surface area contributed by atoms with Crippen molar-refractivity contribution in [3.8, 4) is 0 Å². The topological polar surface area (TPSA) is 0 Å². The van der Waals surface area contributed by atoms with Gasteiger partial charge in [-0.05, 0) is 24.1 Å². The minimum atomic E-state index is -0.208. The maximum Gasteiger partial charge on any atom is 0.123 e. The van der Waals surface area contributed by atoms with Gasteiger partial charge in [0.05, 0.1) is 0 Å². The average Bonchev–Trinajstić information content (AvgIpc) is 2.21. The van der Waals surface area contributed by atoms with E-state index in [1.165, 1.54) is 12.1 Å². The van der Waals surface area contributed by atoms with E-state index in [1.807, 2.05) is 13.0 Å². The first-order valence-corrected chi connectivity index (χ1v) is 5.07. The number of benzene rings is 1. The molecule has 1 aromatic carbocycles. The van der Waals surface area contributed by atoms with Crippen molar-refractivity contribution in [3.63, 3.8) is 0 Å².